The Hall–Kier alpha value is -1.59. The molecule has 3 aliphatic rings. The van der Waals surface area contributed by atoms with Crippen LogP contribution in [0.3, 0.4) is 0 Å². The summed E-state index contributed by atoms with van der Waals surface area (Å²) < 4.78 is 5.14. The fourth-order valence-corrected chi connectivity index (χ4v) is 4.07. The van der Waals surface area contributed by atoms with E-state index in [1.807, 2.05) is 6.08 Å². The van der Waals surface area contributed by atoms with Crippen molar-refractivity contribution in [2.75, 3.05) is 39.8 Å². The molecule has 3 saturated heterocycles. The number of likely N-dealkylation sites (N-methyl/N-ethyl adjacent to an activating group) is 1. The number of piperidine rings is 3. The molecule has 1 N–H and O–H groups in total. The first-order valence-corrected chi connectivity index (χ1v) is 8.52. The highest BCUT2D eigenvalue weighted by atomic mass is 16.3. The molecule has 0 spiro atoms. The zero-order valence-corrected chi connectivity index (χ0v) is 13.9. The van der Waals surface area contributed by atoms with E-state index in [2.05, 4.69) is 28.7 Å². The van der Waals surface area contributed by atoms with Gasteiger partial charge >= 0.3 is 0 Å². The van der Waals surface area contributed by atoms with E-state index in [1.54, 1.807) is 12.1 Å². The van der Waals surface area contributed by atoms with E-state index in [1.165, 1.54) is 19.1 Å². The SMILES string of the molecule is C=CCN(C)C[C@@H]1CN2CC[C@H]1C[C@@H]2CNC(=O)c1ccco1. The van der Waals surface area contributed by atoms with Crippen molar-refractivity contribution >= 4 is 5.91 Å². The number of carbonyl (C=O) groups excluding carboxylic acids is 1. The van der Waals surface area contributed by atoms with Gasteiger partial charge in [-0.25, -0.2) is 0 Å². The van der Waals surface area contributed by atoms with Gasteiger partial charge in [0, 0.05) is 32.2 Å². The maximum atomic E-state index is 12.0. The average molecular weight is 317 g/mol. The molecule has 2 bridgehead atoms. The van der Waals surface area contributed by atoms with Crippen molar-refractivity contribution in [2.24, 2.45) is 11.8 Å². The van der Waals surface area contributed by atoms with E-state index >= 15 is 0 Å². The number of furan rings is 1. The largest absolute Gasteiger partial charge is 0.459 e. The fourth-order valence-electron chi connectivity index (χ4n) is 4.07. The second-order valence-corrected chi connectivity index (χ2v) is 6.89. The minimum atomic E-state index is -0.111. The van der Waals surface area contributed by atoms with Gasteiger partial charge in [-0.05, 0) is 50.4 Å². The van der Waals surface area contributed by atoms with Crippen molar-refractivity contribution in [3.8, 4) is 0 Å². The smallest absolute Gasteiger partial charge is 0.287 e. The third kappa shape index (κ3) is 3.85. The molecule has 4 atom stereocenters. The molecule has 0 radical (unpaired) electrons. The van der Waals surface area contributed by atoms with E-state index < -0.39 is 0 Å². The summed E-state index contributed by atoms with van der Waals surface area (Å²) in [4.78, 5) is 16.9. The van der Waals surface area contributed by atoms with Crippen LogP contribution >= 0.6 is 0 Å². The second kappa shape index (κ2) is 7.32. The number of fused-ring (bicyclic) bond motifs is 3. The van der Waals surface area contributed by atoms with Crippen molar-refractivity contribution in [1.29, 1.82) is 0 Å². The van der Waals surface area contributed by atoms with Crippen molar-refractivity contribution in [2.45, 2.75) is 18.9 Å². The van der Waals surface area contributed by atoms with E-state index in [0.29, 0.717) is 18.3 Å². The first-order valence-electron chi connectivity index (χ1n) is 8.52. The number of hydrogen-bond donors (Lipinski definition) is 1. The Labute approximate surface area is 138 Å². The summed E-state index contributed by atoms with van der Waals surface area (Å²) in [5, 5.41) is 3.02. The molecule has 0 aliphatic carbocycles. The molecule has 23 heavy (non-hydrogen) atoms. The van der Waals surface area contributed by atoms with Crippen LogP contribution in [0.1, 0.15) is 23.4 Å². The maximum Gasteiger partial charge on any atom is 0.287 e. The number of rotatable bonds is 7. The van der Waals surface area contributed by atoms with E-state index in [0.717, 1.165) is 38.0 Å². The predicted molar refractivity (Wildman–Crippen MR) is 90.3 cm³/mol. The van der Waals surface area contributed by atoms with Crippen LogP contribution in [0.4, 0.5) is 0 Å². The lowest BCUT2D eigenvalue weighted by molar-refractivity contribution is -0.00785. The lowest BCUT2D eigenvalue weighted by Gasteiger charge is -2.50. The summed E-state index contributed by atoms with van der Waals surface area (Å²) in [6.45, 7) is 8.92. The Kier molecular flexibility index (Phi) is 5.18. The van der Waals surface area contributed by atoms with E-state index in [4.69, 9.17) is 4.42 Å². The molecule has 4 heterocycles. The molecule has 3 fully saturated rings. The van der Waals surface area contributed by atoms with E-state index in [9.17, 15) is 4.79 Å². The number of nitrogens with zero attached hydrogens (tertiary/aromatic N) is 2. The molecular formula is C18H27N3O2. The van der Waals surface area contributed by atoms with Gasteiger partial charge in [-0.2, -0.15) is 0 Å². The summed E-state index contributed by atoms with van der Waals surface area (Å²) in [5.74, 6) is 1.80. The highest BCUT2D eigenvalue weighted by Crippen LogP contribution is 2.36. The van der Waals surface area contributed by atoms with Crippen molar-refractivity contribution in [1.82, 2.24) is 15.1 Å². The van der Waals surface area contributed by atoms with Gasteiger partial charge in [0.05, 0.1) is 6.26 Å². The van der Waals surface area contributed by atoms with Crippen LogP contribution in [0.5, 0.6) is 0 Å². The molecule has 5 nitrogen and oxygen atoms in total. The summed E-state index contributed by atoms with van der Waals surface area (Å²) in [7, 11) is 2.17. The number of hydrogen-bond acceptors (Lipinski definition) is 4. The zero-order chi connectivity index (χ0) is 16.2. The van der Waals surface area contributed by atoms with Gasteiger partial charge in [-0.3, -0.25) is 9.69 Å². The molecule has 126 valence electrons. The van der Waals surface area contributed by atoms with Crippen molar-refractivity contribution in [3.05, 3.63) is 36.8 Å². The molecule has 3 aliphatic heterocycles. The van der Waals surface area contributed by atoms with Gasteiger partial charge in [-0.1, -0.05) is 6.08 Å². The summed E-state index contributed by atoms with van der Waals surface area (Å²) in [6, 6.07) is 3.91. The normalized spacial score (nSPS) is 29.7. The molecule has 1 aromatic rings. The monoisotopic (exact) mass is 317 g/mol. The summed E-state index contributed by atoms with van der Waals surface area (Å²) in [5.41, 5.74) is 0. The summed E-state index contributed by atoms with van der Waals surface area (Å²) in [6.07, 6.45) is 5.97. The van der Waals surface area contributed by atoms with Gasteiger partial charge in [0.15, 0.2) is 5.76 Å². The van der Waals surface area contributed by atoms with Crippen LogP contribution in [0.15, 0.2) is 35.5 Å². The van der Waals surface area contributed by atoms with Gasteiger partial charge in [0.2, 0.25) is 0 Å². The standard InChI is InChI=1S/C18H27N3O2/c1-3-7-20(2)12-15-13-21-8-6-14(15)10-16(21)11-19-18(22)17-5-4-9-23-17/h3-5,9,14-16H,1,6-8,10-13H2,2H3,(H,19,22)/t14-,15+,16+/m0/s1. The van der Waals surface area contributed by atoms with Crippen LogP contribution in [0, 0.1) is 11.8 Å². The molecule has 4 rings (SSSR count). The van der Waals surface area contributed by atoms with Crippen LogP contribution in [0.25, 0.3) is 0 Å². The first kappa shape index (κ1) is 16.3. The zero-order valence-electron chi connectivity index (χ0n) is 13.9. The van der Waals surface area contributed by atoms with Gasteiger partial charge < -0.3 is 14.6 Å². The van der Waals surface area contributed by atoms with Gasteiger partial charge in [0.25, 0.3) is 5.91 Å². The molecule has 1 amide bonds. The molecule has 5 heteroatoms. The number of carbonyl (C=O) groups is 1. The molecule has 0 saturated carbocycles. The molecule has 0 aromatic carbocycles. The van der Waals surface area contributed by atoms with Crippen molar-refractivity contribution in [3.63, 3.8) is 0 Å². The average Bonchev–Trinajstić information content (AvgIpc) is 3.08. The van der Waals surface area contributed by atoms with Crippen LogP contribution in [-0.2, 0) is 0 Å². The molecular weight excluding hydrogens is 290 g/mol. The Morgan fingerprint density at radius 2 is 2.48 bits per heavy atom. The molecule has 1 unspecified atom stereocenters. The lowest BCUT2D eigenvalue weighted by Crippen LogP contribution is -2.58. The van der Waals surface area contributed by atoms with Crippen molar-refractivity contribution < 1.29 is 9.21 Å². The van der Waals surface area contributed by atoms with Gasteiger partial charge in [-0.15, -0.1) is 6.58 Å². The molecule has 1 aromatic heterocycles. The Morgan fingerprint density at radius 1 is 1.61 bits per heavy atom. The minimum Gasteiger partial charge on any atom is -0.459 e. The Morgan fingerprint density at radius 3 is 3.13 bits per heavy atom. The maximum absolute atomic E-state index is 12.0. The minimum absolute atomic E-state index is 0.111. The van der Waals surface area contributed by atoms with Crippen LogP contribution in [0.2, 0.25) is 0 Å². The number of amides is 1. The fraction of sp³-hybridized carbons (Fsp3) is 0.611. The lowest BCUT2D eigenvalue weighted by atomic mass is 9.75. The van der Waals surface area contributed by atoms with Crippen LogP contribution < -0.4 is 5.32 Å². The third-order valence-electron chi connectivity index (χ3n) is 5.24. The highest BCUT2D eigenvalue weighted by molar-refractivity contribution is 5.91. The number of nitrogens with one attached hydrogen (secondary N) is 1. The van der Waals surface area contributed by atoms with Crippen LogP contribution in [-0.4, -0.2) is 61.5 Å². The Balaban J connectivity index is 1.49. The highest BCUT2D eigenvalue weighted by Gasteiger charge is 2.40. The quantitative estimate of drug-likeness (QED) is 0.780. The summed E-state index contributed by atoms with van der Waals surface area (Å²) >= 11 is 0. The predicted octanol–water partition coefficient (Wildman–Crippen LogP) is 1.84. The second-order valence-electron chi connectivity index (χ2n) is 6.89. The topological polar surface area (TPSA) is 48.7 Å². The van der Waals surface area contributed by atoms with Gasteiger partial charge in [0.1, 0.15) is 0 Å². The Bertz CT molecular complexity index is 528. The first-order chi connectivity index (χ1) is 11.2. The third-order valence-corrected chi connectivity index (χ3v) is 5.24. The van der Waals surface area contributed by atoms with E-state index in [-0.39, 0.29) is 5.91 Å².